The summed E-state index contributed by atoms with van der Waals surface area (Å²) in [6.45, 7) is 1.79. The maximum Gasteiger partial charge on any atom is 0.248 e. The monoisotopic (exact) mass is 355 g/mol. The third-order valence-electron chi connectivity index (χ3n) is 5.15. The summed E-state index contributed by atoms with van der Waals surface area (Å²) in [6, 6.07) is 8.76. The Morgan fingerprint density at radius 2 is 1.92 bits per heavy atom. The van der Waals surface area contributed by atoms with Gasteiger partial charge in [-0.3, -0.25) is 14.4 Å². The number of aromatic amines is 1. The van der Waals surface area contributed by atoms with Crippen LogP contribution in [0.3, 0.4) is 0 Å². The summed E-state index contributed by atoms with van der Waals surface area (Å²) in [5.74, 6) is -0.471. The fourth-order valence-electron chi connectivity index (χ4n) is 3.73. The smallest absolute Gasteiger partial charge is 0.248 e. The number of pyridine rings is 1. The number of carbonyl (C=O) groups excluding carboxylic acids is 2. The SMILES string of the molecule is O=C(Nc1ccc2ccc(=O)[nH]c2c1)C1CC(=O)N(C2CCOCC2)C1. The quantitative estimate of drug-likeness (QED) is 0.873. The van der Waals surface area contributed by atoms with Crippen molar-refractivity contribution in [2.24, 2.45) is 5.92 Å². The molecule has 2 aliphatic heterocycles. The highest BCUT2D eigenvalue weighted by Gasteiger charge is 2.38. The third kappa shape index (κ3) is 3.35. The molecule has 0 radical (unpaired) electrons. The highest BCUT2D eigenvalue weighted by atomic mass is 16.5. The molecule has 2 fully saturated rings. The van der Waals surface area contributed by atoms with Gasteiger partial charge in [-0.1, -0.05) is 6.07 Å². The van der Waals surface area contributed by atoms with Gasteiger partial charge >= 0.3 is 0 Å². The van der Waals surface area contributed by atoms with Crippen molar-refractivity contribution < 1.29 is 14.3 Å². The summed E-state index contributed by atoms with van der Waals surface area (Å²) >= 11 is 0. The molecule has 26 heavy (non-hydrogen) atoms. The first-order chi connectivity index (χ1) is 12.6. The van der Waals surface area contributed by atoms with Gasteiger partial charge in [-0.2, -0.15) is 0 Å². The fourth-order valence-corrected chi connectivity index (χ4v) is 3.73. The molecule has 0 bridgehead atoms. The van der Waals surface area contributed by atoms with Gasteiger partial charge in [0.2, 0.25) is 17.4 Å². The van der Waals surface area contributed by atoms with E-state index in [-0.39, 0.29) is 35.8 Å². The number of carbonyl (C=O) groups is 2. The molecule has 2 aromatic rings. The molecule has 136 valence electrons. The van der Waals surface area contributed by atoms with Crippen molar-refractivity contribution in [1.82, 2.24) is 9.88 Å². The molecule has 7 heteroatoms. The van der Waals surface area contributed by atoms with Gasteiger partial charge in [-0.15, -0.1) is 0 Å². The normalized spacial score (nSPS) is 21.3. The first kappa shape index (κ1) is 16.8. The van der Waals surface area contributed by atoms with Gasteiger partial charge in [-0.25, -0.2) is 0 Å². The van der Waals surface area contributed by atoms with Crippen LogP contribution in [0.25, 0.3) is 10.9 Å². The Kier molecular flexibility index (Phi) is 4.46. The van der Waals surface area contributed by atoms with E-state index in [1.807, 2.05) is 11.0 Å². The van der Waals surface area contributed by atoms with Crippen LogP contribution in [0.15, 0.2) is 35.1 Å². The number of ether oxygens (including phenoxy) is 1. The average Bonchev–Trinajstić information content (AvgIpc) is 3.04. The number of anilines is 1. The zero-order valence-electron chi connectivity index (χ0n) is 14.4. The molecule has 3 heterocycles. The molecule has 4 rings (SSSR count). The summed E-state index contributed by atoms with van der Waals surface area (Å²) in [5.41, 5.74) is 1.09. The highest BCUT2D eigenvalue weighted by molar-refractivity contribution is 5.98. The molecule has 1 unspecified atom stereocenters. The molecule has 0 saturated carbocycles. The van der Waals surface area contributed by atoms with E-state index in [4.69, 9.17) is 4.74 Å². The molecule has 1 aromatic carbocycles. The molecule has 2 amide bonds. The van der Waals surface area contributed by atoms with Crippen LogP contribution in [0.4, 0.5) is 5.69 Å². The van der Waals surface area contributed by atoms with E-state index in [1.54, 1.807) is 18.2 Å². The van der Waals surface area contributed by atoms with Gasteiger partial charge in [-0.05, 0) is 36.4 Å². The summed E-state index contributed by atoms with van der Waals surface area (Å²) in [4.78, 5) is 41.0. The van der Waals surface area contributed by atoms with Gasteiger partial charge in [0.15, 0.2) is 0 Å². The first-order valence-electron chi connectivity index (χ1n) is 8.91. The van der Waals surface area contributed by atoms with E-state index in [1.165, 1.54) is 6.07 Å². The molecule has 7 nitrogen and oxygen atoms in total. The Hall–Kier alpha value is -2.67. The molecule has 2 aliphatic rings. The first-order valence-corrected chi connectivity index (χ1v) is 8.91. The Balaban J connectivity index is 1.45. The van der Waals surface area contributed by atoms with Gasteiger partial charge in [0.1, 0.15) is 0 Å². The van der Waals surface area contributed by atoms with Crippen LogP contribution in [0, 0.1) is 5.92 Å². The summed E-state index contributed by atoms with van der Waals surface area (Å²) in [6.07, 6.45) is 1.91. The number of fused-ring (bicyclic) bond motifs is 1. The van der Waals surface area contributed by atoms with Crippen LogP contribution in [-0.4, -0.2) is 47.5 Å². The van der Waals surface area contributed by atoms with E-state index in [0.29, 0.717) is 31.0 Å². The lowest BCUT2D eigenvalue weighted by atomic mass is 10.1. The van der Waals surface area contributed by atoms with Crippen molar-refractivity contribution in [3.05, 3.63) is 40.7 Å². The topological polar surface area (TPSA) is 91.5 Å². The lowest BCUT2D eigenvalue weighted by Crippen LogP contribution is -2.41. The Labute approximate surface area is 150 Å². The standard InChI is InChI=1S/C19H21N3O4/c23-17-4-2-12-1-3-14(10-16(12)21-17)20-19(25)13-9-18(24)22(11-13)15-5-7-26-8-6-15/h1-4,10,13,15H,5-9,11H2,(H,20,25)(H,21,23). The largest absolute Gasteiger partial charge is 0.381 e. The zero-order chi connectivity index (χ0) is 18.1. The fraction of sp³-hybridized carbons (Fsp3) is 0.421. The van der Waals surface area contributed by atoms with Crippen molar-refractivity contribution in [3.63, 3.8) is 0 Å². The maximum atomic E-state index is 12.6. The van der Waals surface area contributed by atoms with E-state index in [9.17, 15) is 14.4 Å². The molecular formula is C19H21N3O4. The van der Waals surface area contributed by atoms with Crippen LogP contribution in [0.2, 0.25) is 0 Å². The number of nitrogens with zero attached hydrogens (tertiary/aromatic N) is 1. The number of hydrogen-bond acceptors (Lipinski definition) is 4. The van der Waals surface area contributed by atoms with Gasteiger partial charge in [0.25, 0.3) is 0 Å². The van der Waals surface area contributed by atoms with E-state index in [0.717, 1.165) is 18.2 Å². The van der Waals surface area contributed by atoms with Crippen LogP contribution in [0.5, 0.6) is 0 Å². The Bertz CT molecular complexity index is 901. The minimum Gasteiger partial charge on any atom is -0.381 e. The third-order valence-corrected chi connectivity index (χ3v) is 5.15. The van der Waals surface area contributed by atoms with Crippen molar-refractivity contribution >= 4 is 28.4 Å². The maximum absolute atomic E-state index is 12.6. The summed E-state index contributed by atoms with van der Waals surface area (Å²) in [7, 11) is 0. The molecule has 1 aromatic heterocycles. The van der Waals surface area contributed by atoms with Crippen LogP contribution >= 0.6 is 0 Å². The zero-order valence-corrected chi connectivity index (χ0v) is 14.4. The van der Waals surface area contributed by atoms with E-state index < -0.39 is 0 Å². The number of aromatic nitrogens is 1. The lowest BCUT2D eigenvalue weighted by molar-refractivity contribution is -0.131. The van der Waals surface area contributed by atoms with Crippen LogP contribution in [0.1, 0.15) is 19.3 Å². The lowest BCUT2D eigenvalue weighted by Gasteiger charge is -2.31. The molecular weight excluding hydrogens is 334 g/mol. The molecule has 1 atom stereocenters. The Morgan fingerprint density at radius 1 is 1.15 bits per heavy atom. The second-order valence-corrected chi connectivity index (χ2v) is 6.90. The summed E-state index contributed by atoms with van der Waals surface area (Å²) < 4.78 is 5.35. The second-order valence-electron chi connectivity index (χ2n) is 6.90. The number of benzene rings is 1. The summed E-state index contributed by atoms with van der Waals surface area (Å²) in [5, 5.41) is 3.77. The molecule has 2 saturated heterocycles. The number of nitrogens with one attached hydrogen (secondary N) is 2. The van der Waals surface area contributed by atoms with Gasteiger partial charge in [0, 0.05) is 44.0 Å². The van der Waals surface area contributed by atoms with Gasteiger partial charge in [0.05, 0.1) is 11.4 Å². The number of likely N-dealkylation sites (tertiary alicyclic amines) is 1. The molecule has 0 spiro atoms. The van der Waals surface area contributed by atoms with Crippen molar-refractivity contribution in [3.8, 4) is 0 Å². The van der Waals surface area contributed by atoms with Crippen LogP contribution < -0.4 is 10.9 Å². The minimum atomic E-state index is -0.351. The van der Waals surface area contributed by atoms with E-state index in [2.05, 4.69) is 10.3 Å². The second kappa shape index (κ2) is 6.92. The number of hydrogen-bond donors (Lipinski definition) is 2. The predicted octanol–water partition coefficient (Wildman–Crippen LogP) is 1.49. The highest BCUT2D eigenvalue weighted by Crippen LogP contribution is 2.26. The van der Waals surface area contributed by atoms with E-state index >= 15 is 0 Å². The van der Waals surface area contributed by atoms with Crippen molar-refractivity contribution in [2.75, 3.05) is 25.1 Å². The van der Waals surface area contributed by atoms with Crippen LogP contribution in [-0.2, 0) is 14.3 Å². The Morgan fingerprint density at radius 3 is 2.73 bits per heavy atom. The average molecular weight is 355 g/mol. The molecule has 0 aliphatic carbocycles. The minimum absolute atomic E-state index is 0.0416. The van der Waals surface area contributed by atoms with Gasteiger partial charge < -0.3 is 19.9 Å². The number of rotatable bonds is 3. The molecule has 2 N–H and O–H groups in total. The number of H-pyrrole nitrogens is 1. The van der Waals surface area contributed by atoms with Crippen molar-refractivity contribution in [2.45, 2.75) is 25.3 Å². The number of amides is 2. The predicted molar refractivity (Wildman–Crippen MR) is 96.9 cm³/mol. The van der Waals surface area contributed by atoms with Crippen molar-refractivity contribution in [1.29, 1.82) is 0 Å².